The number of aryl methyl sites for hydroxylation is 1. The summed E-state index contributed by atoms with van der Waals surface area (Å²) in [6.07, 6.45) is 3.11. The first-order valence-corrected chi connectivity index (χ1v) is 10.7. The zero-order valence-electron chi connectivity index (χ0n) is 18.0. The van der Waals surface area contributed by atoms with Gasteiger partial charge in [-0.2, -0.15) is 0 Å². The molecule has 0 aliphatic carbocycles. The Bertz CT molecular complexity index is 1080. The Kier molecular flexibility index (Phi) is 6.65. The summed E-state index contributed by atoms with van der Waals surface area (Å²) in [6.45, 7) is 3.82. The number of carbonyl (C=O) groups is 2. The fourth-order valence-electron chi connectivity index (χ4n) is 3.53. The van der Waals surface area contributed by atoms with E-state index >= 15 is 0 Å². The molecule has 0 radical (unpaired) electrons. The van der Waals surface area contributed by atoms with Crippen LogP contribution in [0.1, 0.15) is 29.5 Å². The molecule has 3 amide bonds. The lowest BCUT2D eigenvalue weighted by atomic mass is 10.1. The Hall–Kier alpha value is -3.87. The summed E-state index contributed by atoms with van der Waals surface area (Å²) in [5.41, 5.74) is 3.77. The highest BCUT2D eigenvalue weighted by molar-refractivity contribution is 5.89. The van der Waals surface area contributed by atoms with Gasteiger partial charge in [-0.3, -0.25) is 4.79 Å². The minimum atomic E-state index is -0.320. The number of urea groups is 1. The van der Waals surface area contributed by atoms with Crippen LogP contribution < -0.4 is 15.4 Å². The molecule has 7 nitrogen and oxygen atoms in total. The van der Waals surface area contributed by atoms with Gasteiger partial charge < -0.3 is 20.3 Å². The number of carbonyl (C=O) groups excluding carboxylic acids is 2. The van der Waals surface area contributed by atoms with Crippen molar-refractivity contribution in [2.45, 2.75) is 32.9 Å². The first-order valence-electron chi connectivity index (χ1n) is 10.7. The van der Waals surface area contributed by atoms with E-state index in [4.69, 9.17) is 4.74 Å². The summed E-state index contributed by atoms with van der Waals surface area (Å²) < 4.78 is 5.70. The molecule has 4 rings (SSSR count). The van der Waals surface area contributed by atoms with Gasteiger partial charge in [0, 0.05) is 32.1 Å². The van der Waals surface area contributed by atoms with Crippen LogP contribution in [-0.2, 0) is 17.9 Å². The maximum Gasteiger partial charge on any atom is 0.319 e. The summed E-state index contributed by atoms with van der Waals surface area (Å²) in [5.74, 6) is 1.36. The Balaban J connectivity index is 1.26. The van der Waals surface area contributed by atoms with E-state index in [1.165, 1.54) is 0 Å². The number of rotatable bonds is 7. The van der Waals surface area contributed by atoms with Crippen molar-refractivity contribution in [3.8, 4) is 11.6 Å². The van der Waals surface area contributed by atoms with Crippen LogP contribution >= 0.6 is 0 Å². The molecule has 3 aromatic rings. The largest absolute Gasteiger partial charge is 0.439 e. The van der Waals surface area contributed by atoms with Gasteiger partial charge in [-0.05, 0) is 42.7 Å². The van der Waals surface area contributed by atoms with E-state index in [1.807, 2.05) is 60.4 Å². The summed E-state index contributed by atoms with van der Waals surface area (Å²) >= 11 is 0. The van der Waals surface area contributed by atoms with Crippen LogP contribution in [-0.4, -0.2) is 28.4 Å². The molecule has 0 bridgehead atoms. The molecular formula is C25H26N4O3. The van der Waals surface area contributed by atoms with Crippen molar-refractivity contribution in [2.75, 3.05) is 11.9 Å². The molecule has 2 aromatic carbocycles. The van der Waals surface area contributed by atoms with Gasteiger partial charge in [0.05, 0.1) is 11.9 Å². The molecule has 0 atom stereocenters. The highest BCUT2D eigenvalue weighted by atomic mass is 16.5. The summed E-state index contributed by atoms with van der Waals surface area (Å²) in [7, 11) is 0. The molecule has 7 heteroatoms. The van der Waals surface area contributed by atoms with Gasteiger partial charge in [0.15, 0.2) is 0 Å². The van der Waals surface area contributed by atoms with Crippen molar-refractivity contribution < 1.29 is 14.3 Å². The molecule has 0 unspecified atom stereocenters. The van der Waals surface area contributed by atoms with Crippen molar-refractivity contribution >= 4 is 17.6 Å². The van der Waals surface area contributed by atoms with E-state index < -0.39 is 0 Å². The SMILES string of the molecule is Cc1ccc(Oc2ccc(NC(=O)NCc3cccc(CN4CCCC4=O)c3)cn2)cc1. The average molecular weight is 431 g/mol. The van der Waals surface area contributed by atoms with Crippen LogP contribution in [0.15, 0.2) is 66.9 Å². The molecule has 0 spiro atoms. The molecular weight excluding hydrogens is 404 g/mol. The second-order valence-electron chi connectivity index (χ2n) is 7.85. The van der Waals surface area contributed by atoms with Crippen LogP contribution in [0, 0.1) is 6.92 Å². The molecule has 2 heterocycles. The van der Waals surface area contributed by atoms with Crippen molar-refractivity contribution in [1.82, 2.24) is 15.2 Å². The fourth-order valence-corrected chi connectivity index (χ4v) is 3.53. The van der Waals surface area contributed by atoms with E-state index in [0.717, 1.165) is 29.7 Å². The maximum atomic E-state index is 12.3. The lowest BCUT2D eigenvalue weighted by Gasteiger charge is -2.16. The molecule has 32 heavy (non-hydrogen) atoms. The first-order chi connectivity index (χ1) is 15.5. The fraction of sp³-hybridized carbons (Fsp3) is 0.240. The smallest absolute Gasteiger partial charge is 0.319 e. The number of nitrogens with zero attached hydrogens (tertiary/aromatic N) is 2. The monoisotopic (exact) mass is 430 g/mol. The molecule has 164 valence electrons. The number of benzene rings is 2. The van der Waals surface area contributed by atoms with Gasteiger partial charge in [-0.1, -0.05) is 42.0 Å². The highest BCUT2D eigenvalue weighted by Crippen LogP contribution is 2.21. The quantitative estimate of drug-likeness (QED) is 0.573. The minimum Gasteiger partial charge on any atom is -0.439 e. The van der Waals surface area contributed by atoms with Crippen LogP contribution in [0.25, 0.3) is 0 Å². The lowest BCUT2D eigenvalue weighted by molar-refractivity contribution is -0.128. The summed E-state index contributed by atoms with van der Waals surface area (Å²) in [5, 5.41) is 5.62. The molecule has 2 N–H and O–H groups in total. The van der Waals surface area contributed by atoms with Gasteiger partial charge in [-0.25, -0.2) is 9.78 Å². The highest BCUT2D eigenvalue weighted by Gasteiger charge is 2.19. The standard InChI is InChI=1S/C25H26N4O3/c1-18-7-10-22(11-8-18)32-23-12-9-21(16-26-23)28-25(31)27-15-19-4-2-5-20(14-19)17-29-13-3-6-24(29)30/h2,4-5,7-12,14,16H,3,6,13,15,17H2,1H3,(H2,27,28,31). The predicted octanol–water partition coefficient (Wildman–Crippen LogP) is 4.63. The third-order valence-electron chi connectivity index (χ3n) is 5.23. The molecule has 1 fully saturated rings. The third-order valence-corrected chi connectivity index (χ3v) is 5.23. The molecule has 0 saturated carbocycles. The number of amides is 3. The average Bonchev–Trinajstić information content (AvgIpc) is 3.20. The topological polar surface area (TPSA) is 83.6 Å². The van der Waals surface area contributed by atoms with E-state index in [1.54, 1.807) is 18.3 Å². The normalized spacial score (nSPS) is 13.2. The minimum absolute atomic E-state index is 0.205. The van der Waals surface area contributed by atoms with Gasteiger partial charge in [0.1, 0.15) is 5.75 Å². The van der Waals surface area contributed by atoms with Crippen molar-refractivity contribution in [2.24, 2.45) is 0 Å². The number of hydrogen-bond acceptors (Lipinski definition) is 4. The van der Waals surface area contributed by atoms with Crippen LogP contribution in [0.5, 0.6) is 11.6 Å². The molecule has 1 aliphatic rings. The van der Waals surface area contributed by atoms with Gasteiger partial charge in [0.25, 0.3) is 0 Å². The third kappa shape index (κ3) is 5.85. The van der Waals surface area contributed by atoms with Crippen molar-refractivity contribution in [3.63, 3.8) is 0 Å². The number of aromatic nitrogens is 1. The molecule has 1 aliphatic heterocycles. The zero-order valence-corrected chi connectivity index (χ0v) is 18.0. The number of hydrogen-bond donors (Lipinski definition) is 2. The molecule has 1 saturated heterocycles. The number of nitrogens with one attached hydrogen (secondary N) is 2. The number of ether oxygens (including phenoxy) is 1. The van der Waals surface area contributed by atoms with Gasteiger partial charge in [-0.15, -0.1) is 0 Å². The molecule has 1 aromatic heterocycles. The van der Waals surface area contributed by atoms with E-state index in [-0.39, 0.29) is 11.9 Å². The maximum absolute atomic E-state index is 12.3. The lowest BCUT2D eigenvalue weighted by Crippen LogP contribution is -2.28. The zero-order chi connectivity index (χ0) is 22.3. The number of likely N-dealkylation sites (tertiary alicyclic amines) is 1. The van der Waals surface area contributed by atoms with Crippen molar-refractivity contribution in [3.05, 3.63) is 83.6 Å². The summed E-state index contributed by atoms with van der Waals surface area (Å²) in [4.78, 5) is 30.2. The Morgan fingerprint density at radius 3 is 2.62 bits per heavy atom. The predicted molar refractivity (Wildman–Crippen MR) is 122 cm³/mol. The van der Waals surface area contributed by atoms with Crippen LogP contribution in [0.2, 0.25) is 0 Å². The Labute approximate surface area is 187 Å². The first kappa shape index (κ1) is 21.4. The van der Waals surface area contributed by atoms with Gasteiger partial charge >= 0.3 is 6.03 Å². The van der Waals surface area contributed by atoms with Crippen molar-refractivity contribution in [1.29, 1.82) is 0 Å². The Morgan fingerprint density at radius 2 is 1.91 bits per heavy atom. The van der Waals surface area contributed by atoms with E-state index in [9.17, 15) is 9.59 Å². The van der Waals surface area contributed by atoms with E-state index in [2.05, 4.69) is 15.6 Å². The van der Waals surface area contributed by atoms with Crippen LogP contribution in [0.4, 0.5) is 10.5 Å². The Morgan fingerprint density at radius 1 is 1.09 bits per heavy atom. The second-order valence-corrected chi connectivity index (χ2v) is 7.85. The number of anilines is 1. The summed E-state index contributed by atoms with van der Waals surface area (Å²) in [6, 6.07) is 18.8. The van der Waals surface area contributed by atoms with Crippen LogP contribution in [0.3, 0.4) is 0 Å². The second kappa shape index (κ2) is 9.96. The van der Waals surface area contributed by atoms with Gasteiger partial charge in [0.2, 0.25) is 11.8 Å². The number of pyridine rings is 1. The van der Waals surface area contributed by atoms with E-state index in [0.29, 0.717) is 36.8 Å².